The van der Waals surface area contributed by atoms with Gasteiger partial charge in [0.1, 0.15) is 12.1 Å². The first-order valence-electron chi connectivity index (χ1n) is 8.49. The van der Waals surface area contributed by atoms with E-state index in [-0.39, 0.29) is 29.5 Å². The third-order valence-electron chi connectivity index (χ3n) is 5.05. The van der Waals surface area contributed by atoms with Gasteiger partial charge >= 0.3 is 0 Å². The SMILES string of the molecule is O=C(c1ccoc1)N1CCN(C(=O)[C@H]2C[C@@H]2c2ccc(F)cc2)CC1. The largest absolute Gasteiger partial charge is 0.472 e. The molecule has 2 aliphatic rings. The number of carbonyl (C=O) groups is 2. The molecule has 1 saturated heterocycles. The number of hydrogen-bond acceptors (Lipinski definition) is 3. The van der Waals surface area contributed by atoms with Crippen molar-refractivity contribution in [1.29, 1.82) is 0 Å². The summed E-state index contributed by atoms with van der Waals surface area (Å²) >= 11 is 0. The molecule has 2 amide bonds. The molecule has 1 aliphatic carbocycles. The topological polar surface area (TPSA) is 53.8 Å². The zero-order chi connectivity index (χ0) is 17.4. The van der Waals surface area contributed by atoms with Gasteiger partial charge in [0.05, 0.1) is 11.8 Å². The molecule has 2 heterocycles. The van der Waals surface area contributed by atoms with Crippen molar-refractivity contribution in [1.82, 2.24) is 9.80 Å². The van der Waals surface area contributed by atoms with Crippen molar-refractivity contribution in [2.45, 2.75) is 12.3 Å². The molecule has 1 aromatic carbocycles. The van der Waals surface area contributed by atoms with Gasteiger partial charge in [-0.3, -0.25) is 9.59 Å². The highest BCUT2D eigenvalue weighted by Crippen LogP contribution is 2.48. The van der Waals surface area contributed by atoms with E-state index in [1.54, 1.807) is 23.1 Å². The van der Waals surface area contributed by atoms with E-state index in [0.717, 1.165) is 12.0 Å². The van der Waals surface area contributed by atoms with Crippen LogP contribution >= 0.6 is 0 Å². The van der Waals surface area contributed by atoms with Crippen LogP contribution in [0.5, 0.6) is 0 Å². The number of nitrogens with zero attached hydrogens (tertiary/aromatic N) is 2. The van der Waals surface area contributed by atoms with Gasteiger partial charge in [0.15, 0.2) is 0 Å². The summed E-state index contributed by atoms with van der Waals surface area (Å²) in [6.07, 6.45) is 3.74. The number of rotatable bonds is 3. The number of amides is 2. The maximum absolute atomic E-state index is 13.0. The van der Waals surface area contributed by atoms with Gasteiger partial charge < -0.3 is 14.2 Å². The van der Waals surface area contributed by atoms with Gasteiger partial charge in [0.25, 0.3) is 5.91 Å². The summed E-state index contributed by atoms with van der Waals surface area (Å²) in [7, 11) is 0. The fourth-order valence-electron chi connectivity index (χ4n) is 3.48. The Kier molecular flexibility index (Phi) is 4.03. The molecule has 0 radical (unpaired) electrons. The van der Waals surface area contributed by atoms with Crippen LogP contribution in [-0.2, 0) is 4.79 Å². The van der Waals surface area contributed by atoms with E-state index in [4.69, 9.17) is 4.42 Å². The quantitative estimate of drug-likeness (QED) is 0.861. The van der Waals surface area contributed by atoms with Crippen LogP contribution in [0.1, 0.15) is 28.3 Å². The molecule has 4 rings (SSSR count). The van der Waals surface area contributed by atoms with Crippen LogP contribution in [-0.4, -0.2) is 47.8 Å². The van der Waals surface area contributed by atoms with Gasteiger partial charge in [-0.05, 0) is 36.1 Å². The number of benzene rings is 1. The Morgan fingerprint density at radius 2 is 1.68 bits per heavy atom. The number of furan rings is 1. The average Bonchev–Trinajstić information content (AvgIpc) is 3.25. The van der Waals surface area contributed by atoms with E-state index in [2.05, 4.69) is 0 Å². The molecule has 1 aliphatic heterocycles. The Morgan fingerprint density at radius 3 is 2.32 bits per heavy atom. The van der Waals surface area contributed by atoms with Crippen molar-refractivity contribution >= 4 is 11.8 Å². The number of piperazine rings is 1. The van der Waals surface area contributed by atoms with Gasteiger partial charge in [0, 0.05) is 32.1 Å². The molecular weight excluding hydrogens is 323 g/mol. The minimum Gasteiger partial charge on any atom is -0.472 e. The summed E-state index contributed by atoms with van der Waals surface area (Å²) < 4.78 is 18.0. The Labute approximate surface area is 145 Å². The minimum atomic E-state index is -0.259. The fourth-order valence-corrected chi connectivity index (χ4v) is 3.48. The van der Waals surface area contributed by atoms with Crippen LogP contribution < -0.4 is 0 Å². The predicted molar refractivity (Wildman–Crippen MR) is 88.4 cm³/mol. The van der Waals surface area contributed by atoms with Gasteiger partial charge in [-0.2, -0.15) is 0 Å². The minimum absolute atomic E-state index is 0.0124. The number of hydrogen-bond donors (Lipinski definition) is 0. The van der Waals surface area contributed by atoms with Crippen LogP contribution in [0.3, 0.4) is 0 Å². The van der Waals surface area contributed by atoms with Crippen molar-refractivity contribution in [3.8, 4) is 0 Å². The Bertz CT molecular complexity index is 764. The maximum atomic E-state index is 13.0. The molecule has 0 bridgehead atoms. The molecule has 1 aromatic heterocycles. The highest BCUT2D eigenvalue weighted by Gasteiger charge is 2.46. The van der Waals surface area contributed by atoms with Gasteiger partial charge in [-0.15, -0.1) is 0 Å². The van der Waals surface area contributed by atoms with Crippen molar-refractivity contribution in [3.05, 3.63) is 59.8 Å². The highest BCUT2D eigenvalue weighted by molar-refractivity contribution is 5.94. The lowest BCUT2D eigenvalue weighted by molar-refractivity contribution is -0.134. The predicted octanol–water partition coefficient (Wildman–Crippen LogP) is 2.51. The second kappa shape index (κ2) is 6.35. The lowest BCUT2D eigenvalue weighted by Gasteiger charge is -2.34. The van der Waals surface area contributed by atoms with Crippen molar-refractivity contribution in [2.24, 2.45) is 5.92 Å². The summed E-state index contributed by atoms with van der Waals surface area (Å²) in [5.41, 5.74) is 1.56. The lowest BCUT2D eigenvalue weighted by atomic mass is 10.1. The standard InChI is InChI=1S/C19H19FN2O3/c20-15-3-1-13(2-4-15)16-11-17(16)19(24)22-8-6-21(7-9-22)18(23)14-5-10-25-12-14/h1-5,10,12,16-17H,6-9,11H2/t16-,17+/m1/s1. The molecular formula is C19H19FN2O3. The maximum Gasteiger partial charge on any atom is 0.257 e. The second-order valence-corrected chi connectivity index (χ2v) is 6.63. The summed E-state index contributed by atoms with van der Waals surface area (Å²) in [4.78, 5) is 28.5. The molecule has 0 N–H and O–H groups in total. The smallest absolute Gasteiger partial charge is 0.257 e. The van der Waals surface area contributed by atoms with E-state index in [1.807, 2.05) is 4.90 Å². The summed E-state index contributed by atoms with van der Waals surface area (Å²) in [6, 6.07) is 8.05. The van der Waals surface area contributed by atoms with Crippen LogP contribution in [0.4, 0.5) is 4.39 Å². The first-order valence-corrected chi connectivity index (χ1v) is 8.49. The van der Waals surface area contributed by atoms with E-state index >= 15 is 0 Å². The van der Waals surface area contributed by atoms with E-state index in [0.29, 0.717) is 31.7 Å². The molecule has 0 spiro atoms. The molecule has 0 unspecified atom stereocenters. The molecule has 25 heavy (non-hydrogen) atoms. The first kappa shape index (κ1) is 15.9. The molecule has 5 nitrogen and oxygen atoms in total. The molecule has 2 fully saturated rings. The Balaban J connectivity index is 1.32. The Hall–Kier alpha value is -2.63. The van der Waals surface area contributed by atoms with Crippen molar-refractivity contribution in [3.63, 3.8) is 0 Å². The van der Waals surface area contributed by atoms with E-state index < -0.39 is 0 Å². The Morgan fingerprint density at radius 1 is 1.00 bits per heavy atom. The lowest BCUT2D eigenvalue weighted by Crippen LogP contribution is -2.51. The average molecular weight is 342 g/mol. The summed E-state index contributed by atoms with van der Waals surface area (Å²) in [6.45, 7) is 2.16. The molecule has 1 saturated carbocycles. The molecule has 2 atom stereocenters. The monoisotopic (exact) mass is 342 g/mol. The van der Waals surface area contributed by atoms with Crippen LogP contribution in [0.25, 0.3) is 0 Å². The van der Waals surface area contributed by atoms with Gasteiger partial charge in [0.2, 0.25) is 5.91 Å². The van der Waals surface area contributed by atoms with Crippen LogP contribution in [0.2, 0.25) is 0 Å². The summed E-state index contributed by atoms with van der Waals surface area (Å²) in [5, 5.41) is 0. The molecule has 130 valence electrons. The molecule has 6 heteroatoms. The van der Waals surface area contributed by atoms with Gasteiger partial charge in [-0.25, -0.2) is 4.39 Å². The van der Waals surface area contributed by atoms with E-state index in [1.165, 1.54) is 24.7 Å². The number of carbonyl (C=O) groups excluding carboxylic acids is 2. The van der Waals surface area contributed by atoms with Crippen LogP contribution in [0, 0.1) is 11.7 Å². The first-order chi connectivity index (χ1) is 12.1. The third-order valence-corrected chi connectivity index (χ3v) is 5.05. The second-order valence-electron chi connectivity index (χ2n) is 6.63. The fraction of sp³-hybridized carbons (Fsp3) is 0.368. The number of halogens is 1. The summed E-state index contributed by atoms with van der Waals surface area (Å²) in [5.74, 6) is 0.00663. The van der Waals surface area contributed by atoms with Gasteiger partial charge in [-0.1, -0.05) is 12.1 Å². The van der Waals surface area contributed by atoms with E-state index in [9.17, 15) is 14.0 Å². The highest BCUT2D eigenvalue weighted by atomic mass is 19.1. The third kappa shape index (κ3) is 3.16. The van der Waals surface area contributed by atoms with Crippen molar-refractivity contribution in [2.75, 3.05) is 26.2 Å². The normalized spacial score (nSPS) is 22.8. The zero-order valence-corrected chi connectivity index (χ0v) is 13.7. The zero-order valence-electron chi connectivity index (χ0n) is 13.7. The van der Waals surface area contributed by atoms with Crippen LogP contribution in [0.15, 0.2) is 47.3 Å². The van der Waals surface area contributed by atoms with Crippen molar-refractivity contribution < 1.29 is 18.4 Å². The molecule has 2 aromatic rings.